The van der Waals surface area contributed by atoms with Crippen molar-refractivity contribution in [2.75, 3.05) is 0 Å². The van der Waals surface area contributed by atoms with Crippen molar-refractivity contribution in [3.63, 3.8) is 0 Å². The third kappa shape index (κ3) is 2.45. The van der Waals surface area contributed by atoms with Crippen LogP contribution in [0, 0.1) is 0 Å². The zero-order chi connectivity index (χ0) is 10.0. The van der Waals surface area contributed by atoms with Crippen molar-refractivity contribution >= 4 is 33.5 Å². The highest BCUT2D eigenvalue weighted by Crippen LogP contribution is 2.27. The summed E-state index contributed by atoms with van der Waals surface area (Å²) in [7, 11) is 0. The molecule has 4 heteroatoms. The Morgan fingerprint density at radius 3 is 2.69 bits per heavy atom. The van der Waals surface area contributed by atoms with Crippen LogP contribution in [0.3, 0.4) is 0 Å². The lowest BCUT2D eigenvalue weighted by Gasteiger charge is -2.08. The Hall–Kier alpha value is -0.540. The standard InChI is InChI=1S/C9H8BrClO2/c1-5(9(12)13)7-3-2-6(10)4-8(7)11/h2-5H,1H3,(H,12,13)/t5-/m1/s1. The lowest BCUT2D eigenvalue weighted by atomic mass is 10.0. The molecule has 0 unspecified atom stereocenters. The first-order valence-electron chi connectivity index (χ1n) is 3.70. The minimum absolute atomic E-state index is 0.476. The third-order valence-electron chi connectivity index (χ3n) is 1.80. The van der Waals surface area contributed by atoms with E-state index in [1.165, 1.54) is 0 Å². The molecule has 0 saturated carbocycles. The lowest BCUT2D eigenvalue weighted by molar-refractivity contribution is -0.138. The minimum Gasteiger partial charge on any atom is -0.481 e. The lowest BCUT2D eigenvalue weighted by Crippen LogP contribution is -2.07. The molecule has 0 spiro atoms. The molecule has 2 nitrogen and oxygen atoms in total. The fourth-order valence-corrected chi connectivity index (χ4v) is 1.82. The third-order valence-corrected chi connectivity index (χ3v) is 2.62. The molecule has 0 amide bonds. The van der Waals surface area contributed by atoms with Crippen molar-refractivity contribution < 1.29 is 9.90 Å². The summed E-state index contributed by atoms with van der Waals surface area (Å²) in [5.41, 5.74) is 0.636. The summed E-state index contributed by atoms with van der Waals surface area (Å²) < 4.78 is 0.846. The Morgan fingerprint density at radius 1 is 1.62 bits per heavy atom. The van der Waals surface area contributed by atoms with Gasteiger partial charge in [0.2, 0.25) is 0 Å². The maximum atomic E-state index is 10.7. The molecule has 0 bridgehead atoms. The summed E-state index contributed by atoms with van der Waals surface area (Å²) in [5.74, 6) is -1.44. The number of benzene rings is 1. The fraction of sp³-hybridized carbons (Fsp3) is 0.222. The van der Waals surface area contributed by atoms with Gasteiger partial charge in [0, 0.05) is 9.50 Å². The van der Waals surface area contributed by atoms with Crippen molar-refractivity contribution in [3.8, 4) is 0 Å². The van der Waals surface area contributed by atoms with Crippen LogP contribution in [0.15, 0.2) is 22.7 Å². The molecule has 13 heavy (non-hydrogen) atoms. The highest BCUT2D eigenvalue weighted by molar-refractivity contribution is 9.10. The molecule has 1 rings (SSSR count). The van der Waals surface area contributed by atoms with Crippen LogP contribution in [-0.2, 0) is 4.79 Å². The smallest absolute Gasteiger partial charge is 0.310 e. The van der Waals surface area contributed by atoms with Gasteiger partial charge in [0.25, 0.3) is 0 Å². The van der Waals surface area contributed by atoms with Gasteiger partial charge in [0.05, 0.1) is 5.92 Å². The number of carboxylic acids is 1. The summed E-state index contributed by atoms with van der Waals surface area (Å²) in [5, 5.41) is 9.23. The molecule has 0 aliphatic rings. The predicted molar refractivity (Wildman–Crippen MR) is 55.2 cm³/mol. The average Bonchev–Trinajstić information content (AvgIpc) is 2.03. The number of halogens is 2. The normalized spacial score (nSPS) is 12.5. The number of rotatable bonds is 2. The van der Waals surface area contributed by atoms with Crippen LogP contribution in [0.2, 0.25) is 5.02 Å². The van der Waals surface area contributed by atoms with Crippen molar-refractivity contribution in [2.24, 2.45) is 0 Å². The van der Waals surface area contributed by atoms with Crippen LogP contribution in [0.1, 0.15) is 18.4 Å². The van der Waals surface area contributed by atoms with Gasteiger partial charge in [0.1, 0.15) is 0 Å². The molecule has 1 N–H and O–H groups in total. The molecular weight excluding hydrogens is 255 g/mol. The predicted octanol–water partition coefficient (Wildman–Crippen LogP) is 3.29. The maximum absolute atomic E-state index is 10.7. The van der Waals surface area contributed by atoms with E-state index in [-0.39, 0.29) is 0 Å². The van der Waals surface area contributed by atoms with E-state index >= 15 is 0 Å². The Labute approximate surface area is 89.7 Å². The molecule has 0 saturated heterocycles. The zero-order valence-electron chi connectivity index (χ0n) is 6.92. The number of hydrogen-bond donors (Lipinski definition) is 1. The fourth-order valence-electron chi connectivity index (χ4n) is 0.986. The van der Waals surface area contributed by atoms with Crippen LogP contribution in [-0.4, -0.2) is 11.1 Å². The van der Waals surface area contributed by atoms with E-state index < -0.39 is 11.9 Å². The van der Waals surface area contributed by atoms with Gasteiger partial charge < -0.3 is 5.11 Å². The Balaban J connectivity index is 3.08. The van der Waals surface area contributed by atoms with Gasteiger partial charge in [-0.25, -0.2) is 0 Å². The Bertz CT molecular complexity index is 338. The van der Waals surface area contributed by atoms with Gasteiger partial charge in [-0.1, -0.05) is 33.6 Å². The first-order valence-corrected chi connectivity index (χ1v) is 4.87. The molecule has 0 aliphatic heterocycles. The van der Waals surface area contributed by atoms with Crippen molar-refractivity contribution in [3.05, 3.63) is 33.3 Å². The van der Waals surface area contributed by atoms with Crippen LogP contribution in [0.25, 0.3) is 0 Å². The number of aliphatic carboxylic acids is 1. The van der Waals surface area contributed by atoms with Gasteiger partial charge in [-0.3, -0.25) is 4.79 Å². The molecule has 0 heterocycles. The molecule has 1 aromatic carbocycles. The average molecular weight is 264 g/mol. The number of carbonyl (C=O) groups is 1. The highest BCUT2D eigenvalue weighted by Gasteiger charge is 2.16. The molecule has 0 radical (unpaired) electrons. The van der Waals surface area contributed by atoms with Crippen LogP contribution >= 0.6 is 27.5 Å². The summed E-state index contributed by atoms with van der Waals surface area (Å²) >= 11 is 9.13. The Morgan fingerprint density at radius 2 is 2.23 bits per heavy atom. The number of hydrogen-bond acceptors (Lipinski definition) is 1. The second kappa shape index (κ2) is 4.11. The summed E-state index contributed by atoms with van der Waals surface area (Å²) in [6.07, 6.45) is 0. The molecule has 0 aromatic heterocycles. The van der Waals surface area contributed by atoms with Crippen LogP contribution in [0.5, 0.6) is 0 Å². The summed E-state index contributed by atoms with van der Waals surface area (Å²) in [6.45, 7) is 1.61. The van der Waals surface area contributed by atoms with E-state index in [2.05, 4.69) is 15.9 Å². The van der Waals surface area contributed by atoms with Crippen molar-refractivity contribution in [2.45, 2.75) is 12.8 Å². The van der Waals surface area contributed by atoms with Gasteiger partial charge in [-0.05, 0) is 24.6 Å². The number of carboxylic acid groups (broad SMARTS) is 1. The Kier molecular flexibility index (Phi) is 3.33. The zero-order valence-corrected chi connectivity index (χ0v) is 9.26. The van der Waals surface area contributed by atoms with E-state index in [1.807, 2.05) is 0 Å². The van der Waals surface area contributed by atoms with Gasteiger partial charge in [-0.15, -0.1) is 0 Å². The van der Waals surface area contributed by atoms with Gasteiger partial charge in [-0.2, -0.15) is 0 Å². The van der Waals surface area contributed by atoms with Gasteiger partial charge >= 0.3 is 5.97 Å². The first kappa shape index (κ1) is 10.5. The largest absolute Gasteiger partial charge is 0.481 e. The molecule has 0 aliphatic carbocycles. The quantitative estimate of drug-likeness (QED) is 0.889. The molecule has 0 fully saturated rings. The van der Waals surface area contributed by atoms with E-state index in [0.717, 1.165) is 4.47 Å². The van der Waals surface area contributed by atoms with E-state index in [0.29, 0.717) is 10.6 Å². The molecule has 1 aromatic rings. The van der Waals surface area contributed by atoms with E-state index in [4.69, 9.17) is 16.7 Å². The SMILES string of the molecule is C[C@@H](C(=O)O)c1ccc(Br)cc1Cl. The van der Waals surface area contributed by atoms with Crippen molar-refractivity contribution in [1.82, 2.24) is 0 Å². The topological polar surface area (TPSA) is 37.3 Å². The van der Waals surface area contributed by atoms with Crippen LogP contribution < -0.4 is 0 Å². The molecule has 1 atom stereocenters. The minimum atomic E-state index is -0.871. The van der Waals surface area contributed by atoms with Crippen molar-refractivity contribution in [1.29, 1.82) is 0 Å². The second-order valence-electron chi connectivity index (χ2n) is 2.73. The maximum Gasteiger partial charge on any atom is 0.310 e. The molecular formula is C9H8BrClO2. The summed E-state index contributed by atoms with van der Waals surface area (Å²) in [6, 6.07) is 5.18. The highest BCUT2D eigenvalue weighted by atomic mass is 79.9. The van der Waals surface area contributed by atoms with Gasteiger partial charge in [0.15, 0.2) is 0 Å². The first-order chi connectivity index (χ1) is 6.02. The van der Waals surface area contributed by atoms with E-state index in [1.54, 1.807) is 25.1 Å². The summed E-state index contributed by atoms with van der Waals surface area (Å²) in [4.78, 5) is 10.7. The monoisotopic (exact) mass is 262 g/mol. The van der Waals surface area contributed by atoms with E-state index in [9.17, 15) is 4.79 Å². The second-order valence-corrected chi connectivity index (χ2v) is 4.05. The van der Waals surface area contributed by atoms with Crippen LogP contribution in [0.4, 0.5) is 0 Å². The molecule has 70 valence electrons.